The lowest BCUT2D eigenvalue weighted by Gasteiger charge is -2.10. The van der Waals surface area contributed by atoms with Crippen LogP contribution in [-0.4, -0.2) is 39.7 Å². The van der Waals surface area contributed by atoms with E-state index in [4.69, 9.17) is 9.72 Å². The van der Waals surface area contributed by atoms with Crippen LogP contribution in [0.1, 0.15) is 17.3 Å². The summed E-state index contributed by atoms with van der Waals surface area (Å²) in [5, 5.41) is 19.7. The summed E-state index contributed by atoms with van der Waals surface area (Å²) in [5.74, 6) is 0.260. The smallest absolute Gasteiger partial charge is 0.221 e. The van der Waals surface area contributed by atoms with Gasteiger partial charge in [0, 0.05) is 34.4 Å². The van der Waals surface area contributed by atoms with E-state index in [1.54, 1.807) is 40.9 Å². The Labute approximate surface area is 196 Å². The normalized spacial score (nSPS) is 10.7. The summed E-state index contributed by atoms with van der Waals surface area (Å²) in [6, 6.07) is 8.91. The van der Waals surface area contributed by atoms with Gasteiger partial charge >= 0.3 is 0 Å². The standard InChI is InChI=1S/C22H18N4O3S3/c1-13(27)23-17-9-14(3-4-19(17)29-2)18(28)12-32-22-24-20(15-5-7-30-10-15)21(25-26-22)16-6-8-31-11-16/h3-11H,12H2,1-2H3,(H,23,27). The second-order valence-corrected chi connectivity index (χ2v) is 9.13. The van der Waals surface area contributed by atoms with E-state index in [2.05, 4.69) is 15.5 Å². The number of aromatic nitrogens is 3. The van der Waals surface area contributed by atoms with Crippen LogP contribution in [0.25, 0.3) is 22.5 Å². The van der Waals surface area contributed by atoms with Crippen LogP contribution in [0.4, 0.5) is 5.69 Å². The number of amides is 1. The predicted molar refractivity (Wildman–Crippen MR) is 129 cm³/mol. The predicted octanol–water partition coefficient (Wildman–Crippen LogP) is 5.27. The van der Waals surface area contributed by atoms with Crippen molar-refractivity contribution in [1.82, 2.24) is 15.2 Å². The van der Waals surface area contributed by atoms with E-state index >= 15 is 0 Å². The Bertz CT molecular complexity index is 1240. The lowest BCUT2D eigenvalue weighted by molar-refractivity contribution is -0.114. The number of hydrogen-bond acceptors (Lipinski definition) is 9. The van der Waals surface area contributed by atoms with Crippen molar-refractivity contribution in [2.75, 3.05) is 18.2 Å². The van der Waals surface area contributed by atoms with E-state index in [1.165, 1.54) is 25.8 Å². The molecule has 1 aromatic carbocycles. The fraction of sp³-hybridized carbons (Fsp3) is 0.136. The van der Waals surface area contributed by atoms with Gasteiger partial charge in [-0.3, -0.25) is 9.59 Å². The molecule has 0 saturated carbocycles. The molecule has 3 heterocycles. The minimum atomic E-state index is -0.242. The molecule has 1 N–H and O–H groups in total. The molecule has 0 saturated heterocycles. The molecule has 162 valence electrons. The molecule has 32 heavy (non-hydrogen) atoms. The molecule has 4 aromatic rings. The van der Waals surface area contributed by atoms with Crippen molar-refractivity contribution in [3.8, 4) is 28.3 Å². The quantitative estimate of drug-likeness (QED) is 0.270. The number of hydrogen-bond donors (Lipinski definition) is 1. The molecule has 0 atom stereocenters. The van der Waals surface area contributed by atoms with Crippen LogP contribution in [0, 0.1) is 0 Å². The Morgan fingerprint density at radius 3 is 2.38 bits per heavy atom. The maximum atomic E-state index is 12.8. The summed E-state index contributed by atoms with van der Waals surface area (Å²) in [4.78, 5) is 28.9. The van der Waals surface area contributed by atoms with Crippen LogP contribution in [0.5, 0.6) is 5.75 Å². The van der Waals surface area contributed by atoms with Crippen molar-refractivity contribution in [2.24, 2.45) is 0 Å². The number of thioether (sulfide) groups is 1. The van der Waals surface area contributed by atoms with Gasteiger partial charge in [0.1, 0.15) is 17.1 Å². The molecular weight excluding hydrogens is 464 g/mol. The van der Waals surface area contributed by atoms with E-state index in [-0.39, 0.29) is 17.4 Å². The van der Waals surface area contributed by atoms with E-state index in [9.17, 15) is 9.59 Å². The summed E-state index contributed by atoms with van der Waals surface area (Å²) in [5.41, 5.74) is 4.31. The number of ether oxygens (including phenoxy) is 1. The molecule has 0 fully saturated rings. The lowest BCUT2D eigenvalue weighted by atomic mass is 10.1. The van der Waals surface area contributed by atoms with Crippen LogP contribution in [0.3, 0.4) is 0 Å². The molecule has 10 heteroatoms. The highest BCUT2D eigenvalue weighted by Crippen LogP contribution is 2.32. The summed E-state index contributed by atoms with van der Waals surface area (Å²) < 4.78 is 5.24. The van der Waals surface area contributed by atoms with Crippen LogP contribution in [0.2, 0.25) is 0 Å². The SMILES string of the molecule is COc1ccc(C(=O)CSc2nnc(-c3ccsc3)c(-c3ccsc3)n2)cc1NC(C)=O. The zero-order valence-corrected chi connectivity index (χ0v) is 19.6. The molecular formula is C22H18N4O3S3. The molecule has 7 nitrogen and oxygen atoms in total. The van der Waals surface area contributed by atoms with Gasteiger partial charge in [-0.2, -0.15) is 22.7 Å². The first-order chi connectivity index (χ1) is 15.5. The van der Waals surface area contributed by atoms with E-state index in [1.807, 2.05) is 33.7 Å². The highest BCUT2D eigenvalue weighted by Gasteiger charge is 2.17. The first-order valence-electron chi connectivity index (χ1n) is 9.46. The van der Waals surface area contributed by atoms with E-state index in [0.29, 0.717) is 22.2 Å². The second-order valence-electron chi connectivity index (χ2n) is 6.62. The highest BCUT2D eigenvalue weighted by molar-refractivity contribution is 7.99. The maximum absolute atomic E-state index is 12.8. The van der Waals surface area contributed by atoms with Gasteiger partial charge < -0.3 is 10.1 Å². The first-order valence-corrected chi connectivity index (χ1v) is 12.3. The van der Waals surface area contributed by atoms with Crippen molar-refractivity contribution in [3.05, 3.63) is 57.4 Å². The van der Waals surface area contributed by atoms with Crippen LogP contribution in [-0.2, 0) is 4.79 Å². The zero-order valence-electron chi connectivity index (χ0n) is 17.2. The van der Waals surface area contributed by atoms with Crippen LogP contribution >= 0.6 is 34.4 Å². The summed E-state index contributed by atoms with van der Waals surface area (Å²) in [6.45, 7) is 1.40. The topological polar surface area (TPSA) is 94.1 Å². The Morgan fingerprint density at radius 1 is 1.03 bits per heavy atom. The Kier molecular flexibility index (Phi) is 6.93. The van der Waals surface area contributed by atoms with E-state index in [0.717, 1.165) is 22.5 Å². The number of nitrogens with zero attached hydrogens (tertiary/aromatic N) is 3. The average molecular weight is 483 g/mol. The molecule has 1 amide bonds. The molecule has 0 aliphatic rings. The third-order valence-electron chi connectivity index (χ3n) is 4.42. The van der Waals surface area contributed by atoms with Crippen molar-refractivity contribution in [2.45, 2.75) is 12.1 Å². The van der Waals surface area contributed by atoms with Gasteiger partial charge in [-0.1, -0.05) is 11.8 Å². The van der Waals surface area contributed by atoms with Gasteiger partial charge in [0.05, 0.1) is 18.6 Å². The highest BCUT2D eigenvalue weighted by atomic mass is 32.2. The molecule has 0 aliphatic carbocycles. The fourth-order valence-electron chi connectivity index (χ4n) is 2.95. The molecule has 0 bridgehead atoms. The average Bonchev–Trinajstić information content (AvgIpc) is 3.51. The second kappa shape index (κ2) is 10.0. The molecule has 0 radical (unpaired) electrons. The Balaban J connectivity index is 1.55. The van der Waals surface area contributed by atoms with Crippen molar-refractivity contribution < 1.29 is 14.3 Å². The minimum absolute atomic E-state index is 0.119. The van der Waals surface area contributed by atoms with Gasteiger partial charge in [0.2, 0.25) is 11.1 Å². The number of Topliss-reactive ketones (excluding diaryl/α,β-unsaturated/α-hetero) is 1. The minimum Gasteiger partial charge on any atom is -0.495 e. The number of thiophene rings is 2. The van der Waals surface area contributed by atoms with Crippen LogP contribution < -0.4 is 10.1 Å². The van der Waals surface area contributed by atoms with Gasteiger partial charge in [0.15, 0.2) is 5.78 Å². The van der Waals surface area contributed by atoms with Gasteiger partial charge in [-0.25, -0.2) is 4.98 Å². The summed E-state index contributed by atoms with van der Waals surface area (Å²) in [7, 11) is 1.51. The number of ketones is 1. The zero-order chi connectivity index (χ0) is 22.5. The van der Waals surface area contributed by atoms with Gasteiger partial charge in [-0.15, -0.1) is 10.2 Å². The number of nitrogens with one attached hydrogen (secondary N) is 1. The van der Waals surface area contributed by atoms with Crippen molar-refractivity contribution >= 4 is 51.8 Å². The number of carbonyl (C=O) groups excluding carboxylic acids is 2. The third-order valence-corrected chi connectivity index (χ3v) is 6.63. The number of methoxy groups -OCH3 is 1. The molecule has 3 aromatic heterocycles. The van der Waals surface area contributed by atoms with E-state index < -0.39 is 0 Å². The Hall–Kier alpha value is -3.08. The third kappa shape index (κ3) is 5.04. The largest absolute Gasteiger partial charge is 0.495 e. The van der Waals surface area contributed by atoms with Crippen molar-refractivity contribution in [3.63, 3.8) is 0 Å². The van der Waals surface area contributed by atoms with Gasteiger partial charge in [-0.05, 0) is 41.1 Å². The number of benzene rings is 1. The fourth-order valence-corrected chi connectivity index (χ4v) is 4.91. The van der Waals surface area contributed by atoms with Crippen molar-refractivity contribution in [1.29, 1.82) is 0 Å². The molecule has 0 aliphatic heterocycles. The monoisotopic (exact) mass is 482 g/mol. The Morgan fingerprint density at radius 2 is 1.75 bits per heavy atom. The lowest BCUT2D eigenvalue weighted by Crippen LogP contribution is -2.10. The summed E-state index contributed by atoms with van der Waals surface area (Å²) in [6.07, 6.45) is 0. The summed E-state index contributed by atoms with van der Waals surface area (Å²) >= 11 is 4.39. The van der Waals surface area contributed by atoms with Gasteiger partial charge in [0.25, 0.3) is 0 Å². The van der Waals surface area contributed by atoms with Crippen LogP contribution in [0.15, 0.2) is 57.0 Å². The molecule has 4 rings (SSSR count). The first kappa shape index (κ1) is 22.1. The number of anilines is 1. The maximum Gasteiger partial charge on any atom is 0.221 e. The number of carbonyl (C=O) groups is 2. The number of rotatable bonds is 8. The molecule has 0 unspecified atom stereocenters. The molecule has 0 spiro atoms.